The summed E-state index contributed by atoms with van der Waals surface area (Å²) in [5.74, 6) is 1.95. The van der Waals surface area contributed by atoms with Crippen LogP contribution in [0.4, 0.5) is 0 Å². The van der Waals surface area contributed by atoms with E-state index in [2.05, 4.69) is 52.3 Å². The summed E-state index contributed by atoms with van der Waals surface area (Å²) in [7, 11) is 3.18. The molecule has 0 aliphatic carbocycles. The van der Waals surface area contributed by atoms with Crippen molar-refractivity contribution in [1.29, 1.82) is 0 Å². The molecule has 3 aromatic carbocycles. The van der Waals surface area contributed by atoms with Crippen molar-refractivity contribution < 1.29 is 23.7 Å². The molecule has 8 heteroatoms. The molecule has 0 spiro atoms. The summed E-state index contributed by atoms with van der Waals surface area (Å²) in [6.07, 6.45) is 5.81. The zero-order valence-corrected chi connectivity index (χ0v) is 28.4. The smallest absolute Gasteiger partial charge is 0.341 e. The first kappa shape index (κ1) is 32.4. The van der Waals surface area contributed by atoms with Gasteiger partial charge in [0.05, 0.1) is 20.3 Å². The minimum atomic E-state index is -0.397. The number of benzene rings is 3. The molecule has 0 radical (unpaired) electrons. The van der Waals surface area contributed by atoms with Crippen LogP contribution in [0.2, 0.25) is 0 Å². The maximum absolute atomic E-state index is 13.0. The summed E-state index contributed by atoms with van der Waals surface area (Å²) in [6.45, 7) is 10.9. The number of nitrogens with zero attached hydrogens (tertiary/aromatic N) is 2. The van der Waals surface area contributed by atoms with Crippen molar-refractivity contribution in [3.63, 3.8) is 0 Å². The van der Waals surface area contributed by atoms with Gasteiger partial charge in [0.1, 0.15) is 29.4 Å². The Hall–Kier alpha value is -3.59. The lowest BCUT2D eigenvalue weighted by atomic mass is 9.97. The monoisotopic (exact) mass is 642 g/mol. The molecule has 0 bridgehead atoms. The Balaban J connectivity index is 1.35. The van der Waals surface area contributed by atoms with Crippen LogP contribution in [0.5, 0.6) is 17.2 Å². The fourth-order valence-corrected chi connectivity index (χ4v) is 7.90. The van der Waals surface area contributed by atoms with Crippen molar-refractivity contribution in [2.75, 3.05) is 53.6 Å². The lowest BCUT2D eigenvalue weighted by Crippen LogP contribution is -2.25. The van der Waals surface area contributed by atoms with E-state index in [-0.39, 0.29) is 6.10 Å². The van der Waals surface area contributed by atoms with Crippen LogP contribution >= 0.6 is 11.3 Å². The van der Waals surface area contributed by atoms with Crippen molar-refractivity contribution in [2.45, 2.75) is 58.6 Å². The van der Waals surface area contributed by atoms with E-state index in [0.717, 1.165) is 72.3 Å². The lowest BCUT2D eigenvalue weighted by Gasteiger charge is -2.18. The average Bonchev–Trinajstić information content (AvgIpc) is 3.84. The number of likely N-dealkylation sites (tertiary alicyclic amines) is 2. The lowest BCUT2D eigenvalue weighted by molar-refractivity contribution is 0.0595. The van der Waals surface area contributed by atoms with Crippen molar-refractivity contribution in [2.24, 2.45) is 0 Å². The van der Waals surface area contributed by atoms with Crippen LogP contribution in [0.25, 0.3) is 20.5 Å². The second-order valence-electron chi connectivity index (χ2n) is 12.6. The van der Waals surface area contributed by atoms with Gasteiger partial charge in [-0.05, 0) is 137 Å². The van der Waals surface area contributed by atoms with Gasteiger partial charge in [-0.25, -0.2) is 4.79 Å². The fourth-order valence-electron chi connectivity index (χ4n) is 6.66. The highest BCUT2D eigenvalue weighted by Crippen LogP contribution is 2.43. The number of esters is 1. The Morgan fingerprint density at radius 2 is 1.63 bits per heavy atom. The van der Waals surface area contributed by atoms with Crippen LogP contribution in [0.15, 0.2) is 54.6 Å². The molecule has 1 aromatic heterocycles. The quantitative estimate of drug-likeness (QED) is 0.138. The van der Waals surface area contributed by atoms with Gasteiger partial charge in [-0.15, -0.1) is 11.3 Å². The molecular formula is C38H46N2O5S. The molecule has 3 heterocycles. The Morgan fingerprint density at radius 1 is 0.870 bits per heavy atom. The number of hydrogen-bond donors (Lipinski definition) is 0. The largest absolute Gasteiger partial charge is 0.496 e. The van der Waals surface area contributed by atoms with Crippen LogP contribution in [0, 0.1) is 0 Å². The van der Waals surface area contributed by atoms with Crippen LogP contribution in [0.1, 0.15) is 66.6 Å². The Bertz CT molecular complexity index is 1650. The number of carbonyl (C=O) groups excluding carboxylic acids is 1. The topological polar surface area (TPSA) is 60.5 Å². The van der Waals surface area contributed by atoms with E-state index in [4.69, 9.17) is 18.9 Å². The van der Waals surface area contributed by atoms with Crippen molar-refractivity contribution in [3.05, 3.63) is 76.9 Å². The molecule has 4 aromatic rings. The summed E-state index contributed by atoms with van der Waals surface area (Å²) in [6, 6.07) is 18.9. The molecular weight excluding hydrogens is 596 g/mol. The number of thiophene rings is 1. The van der Waals surface area contributed by atoms with Crippen molar-refractivity contribution in [1.82, 2.24) is 9.80 Å². The predicted molar refractivity (Wildman–Crippen MR) is 186 cm³/mol. The molecule has 2 fully saturated rings. The molecule has 0 amide bonds. The third-order valence-electron chi connectivity index (χ3n) is 8.97. The van der Waals surface area contributed by atoms with Gasteiger partial charge in [0, 0.05) is 28.2 Å². The maximum atomic E-state index is 13.0. The minimum absolute atomic E-state index is 0.0866. The Kier molecular flexibility index (Phi) is 10.5. The van der Waals surface area contributed by atoms with E-state index in [1.807, 2.05) is 26.0 Å². The SMILES string of the molecule is COC(=O)c1cc(-c2sc3cc(OC(C)C)ccc3c2Cc2ccc(CN3CCCC3)c(OC)c2)ccc1OCCN1CCCC1. The second-order valence-corrected chi connectivity index (χ2v) is 13.7. The normalized spacial score (nSPS) is 15.6. The van der Waals surface area contributed by atoms with Gasteiger partial charge in [0.15, 0.2) is 0 Å². The third-order valence-corrected chi connectivity index (χ3v) is 10.2. The van der Waals surface area contributed by atoms with Crippen molar-refractivity contribution >= 4 is 27.4 Å². The van der Waals surface area contributed by atoms with Gasteiger partial charge < -0.3 is 18.9 Å². The van der Waals surface area contributed by atoms with Gasteiger partial charge in [0.2, 0.25) is 0 Å². The van der Waals surface area contributed by atoms with E-state index in [0.29, 0.717) is 17.9 Å². The van der Waals surface area contributed by atoms with Gasteiger partial charge >= 0.3 is 5.97 Å². The average molecular weight is 643 g/mol. The zero-order valence-electron chi connectivity index (χ0n) is 27.6. The number of hydrogen-bond acceptors (Lipinski definition) is 8. The molecule has 0 N–H and O–H groups in total. The second kappa shape index (κ2) is 14.9. The first-order valence-corrected chi connectivity index (χ1v) is 17.4. The van der Waals surface area contributed by atoms with Gasteiger partial charge in [-0.1, -0.05) is 12.1 Å². The number of ether oxygens (including phenoxy) is 4. The minimum Gasteiger partial charge on any atom is -0.496 e. The number of methoxy groups -OCH3 is 2. The summed E-state index contributed by atoms with van der Waals surface area (Å²) >= 11 is 1.72. The molecule has 2 aliphatic rings. The van der Waals surface area contributed by atoms with Crippen LogP contribution in [0.3, 0.4) is 0 Å². The standard InChI is InChI=1S/C38H46N2O5S/c1-26(2)45-30-12-13-31-32(21-27-9-10-29(35(22-27)42-3)25-40-17-7-8-18-40)37(46-36(31)24-30)28-11-14-34(33(23-28)38(41)43-4)44-20-19-39-15-5-6-16-39/h9-14,22-24,26H,5-8,15-21,25H2,1-4H3. The number of fused-ring (bicyclic) bond motifs is 1. The Morgan fingerprint density at radius 3 is 2.35 bits per heavy atom. The summed E-state index contributed by atoms with van der Waals surface area (Å²) in [4.78, 5) is 19.0. The molecule has 244 valence electrons. The highest BCUT2D eigenvalue weighted by atomic mass is 32.1. The highest BCUT2D eigenvalue weighted by molar-refractivity contribution is 7.22. The van der Waals surface area contributed by atoms with Crippen LogP contribution < -0.4 is 14.2 Å². The molecule has 0 saturated carbocycles. The molecule has 2 saturated heterocycles. The summed E-state index contributed by atoms with van der Waals surface area (Å²) < 4.78 is 24.5. The molecule has 0 atom stereocenters. The Labute approximate surface area is 277 Å². The molecule has 2 aliphatic heterocycles. The highest BCUT2D eigenvalue weighted by Gasteiger charge is 2.21. The maximum Gasteiger partial charge on any atom is 0.341 e. The number of carbonyl (C=O) groups is 1. The summed E-state index contributed by atoms with van der Waals surface area (Å²) in [5.41, 5.74) is 5.03. The number of rotatable bonds is 13. The summed E-state index contributed by atoms with van der Waals surface area (Å²) in [5, 5.41) is 1.18. The molecule has 0 unspecified atom stereocenters. The van der Waals surface area contributed by atoms with Crippen molar-refractivity contribution in [3.8, 4) is 27.7 Å². The van der Waals surface area contributed by atoms with Gasteiger partial charge in [0.25, 0.3) is 0 Å². The zero-order chi connectivity index (χ0) is 32.0. The van der Waals surface area contributed by atoms with Crippen LogP contribution in [-0.4, -0.2) is 75.4 Å². The van der Waals surface area contributed by atoms with E-state index in [1.54, 1.807) is 18.4 Å². The molecule has 6 rings (SSSR count). The van der Waals surface area contributed by atoms with Gasteiger partial charge in [-0.3, -0.25) is 9.80 Å². The first-order chi connectivity index (χ1) is 22.4. The van der Waals surface area contributed by atoms with E-state index in [1.165, 1.54) is 54.9 Å². The van der Waals surface area contributed by atoms with E-state index < -0.39 is 5.97 Å². The fraction of sp³-hybridized carbons (Fsp3) is 0.447. The first-order valence-electron chi connectivity index (χ1n) is 16.6. The molecule has 7 nitrogen and oxygen atoms in total. The van der Waals surface area contributed by atoms with Crippen LogP contribution in [-0.2, 0) is 17.7 Å². The van der Waals surface area contributed by atoms with E-state index >= 15 is 0 Å². The predicted octanol–water partition coefficient (Wildman–Crippen LogP) is 7.81. The van der Waals surface area contributed by atoms with Gasteiger partial charge in [-0.2, -0.15) is 0 Å². The third kappa shape index (κ3) is 7.51. The molecule has 46 heavy (non-hydrogen) atoms. The van der Waals surface area contributed by atoms with E-state index in [9.17, 15) is 4.79 Å².